The maximum absolute atomic E-state index is 12.2. The van der Waals surface area contributed by atoms with E-state index in [1.54, 1.807) is 0 Å². The maximum Gasteiger partial charge on any atom is 0.416 e. The van der Waals surface area contributed by atoms with Gasteiger partial charge in [0.15, 0.2) is 12.4 Å². The van der Waals surface area contributed by atoms with Crippen LogP contribution in [-0.2, 0) is 14.3 Å². The number of nitrogens with zero attached hydrogens (tertiary/aromatic N) is 3. The Hall–Kier alpha value is -2.95. The van der Waals surface area contributed by atoms with Crippen molar-refractivity contribution in [1.29, 1.82) is 0 Å². The maximum atomic E-state index is 12.2. The molecule has 25 heavy (non-hydrogen) atoms. The van der Waals surface area contributed by atoms with Crippen molar-refractivity contribution in [3.63, 3.8) is 0 Å². The van der Waals surface area contributed by atoms with E-state index in [0.717, 1.165) is 12.8 Å². The van der Waals surface area contributed by atoms with Crippen molar-refractivity contribution in [2.75, 3.05) is 23.4 Å². The molecule has 3 heterocycles. The standard InChI is InChI=1S/C14H15N5O6/c15-7-1-6(2-7)8-3-19(14(22)25-8)11-13(24-5-20)18-12-10(17-11)16-9(21)4-23-12/h5-8H,1-4,15H2,(H,16,17,21). The van der Waals surface area contributed by atoms with Gasteiger partial charge in [0.2, 0.25) is 5.82 Å². The van der Waals surface area contributed by atoms with Crippen molar-refractivity contribution in [3.05, 3.63) is 0 Å². The van der Waals surface area contributed by atoms with Crippen molar-refractivity contribution in [2.24, 2.45) is 11.7 Å². The van der Waals surface area contributed by atoms with Gasteiger partial charge < -0.3 is 25.3 Å². The van der Waals surface area contributed by atoms with E-state index in [9.17, 15) is 14.4 Å². The van der Waals surface area contributed by atoms with Gasteiger partial charge in [0.05, 0.1) is 6.54 Å². The van der Waals surface area contributed by atoms with Gasteiger partial charge >= 0.3 is 6.09 Å². The van der Waals surface area contributed by atoms with Crippen LogP contribution in [0.1, 0.15) is 12.8 Å². The Balaban J connectivity index is 1.64. The van der Waals surface area contributed by atoms with E-state index in [0.29, 0.717) is 0 Å². The van der Waals surface area contributed by atoms with E-state index < -0.39 is 12.0 Å². The largest absolute Gasteiger partial charge is 0.465 e. The number of amides is 2. The zero-order valence-electron chi connectivity index (χ0n) is 13.0. The quantitative estimate of drug-likeness (QED) is 0.680. The monoisotopic (exact) mass is 349 g/mol. The molecule has 0 radical (unpaired) electrons. The molecule has 0 bridgehead atoms. The molecule has 11 nitrogen and oxygen atoms in total. The molecule has 2 aliphatic heterocycles. The van der Waals surface area contributed by atoms with Crippen LogP contribution >= 0.6 is 0 Å². The van der Waals surface area contributed by atoms with Crippen LogP contribution in [-0.4, -0.2) is 53.7 Å². The van der Waals surface area contributed by atoms with E-state index in [1.165, 1.54) is 4.90 Å². The lowest BCUT2D eigenvalue weighted by molar-refractivity contribution is -0.121. The fourth-order valence-corrected chi connectivity index (χ4v) is 3.10. The number of cyclic esters (lactones) is 1. The normalized spacial score (nSPS) is 27.6. The predicted molar refractivity (Wildman–Crippen MR) is 81.2 cm³/mol. The number of carbonyl (C=O) groups is 3. The summed E-state index contributed by atoms with van der Waals surface area (Å²) in [4.78, 5) is 43.8. The number of carbonyl (C=O) groups excluding carboxylic acids is 3. The van der Waals surface area contributed by atoms with Gasteiger partial charge in [-0.15, -0.1) is 0 Å². The molecule has 0 aromatic carbocycles. The van der Waals surface area contributed by atoms with Gasteiger partial charge in [-0.1, -0.05) is 0 Å². The van der Waals surface area contributed by atoms with Crippen LogP contribution in [0.4, 0.5) is 16.4 Å². The van der Waals surface area contributed by atoms with Gasteiger partial charge in [0.1, 0.15) is 6.10 Å². The lowest BCUT2D eigenvalue weighted by Crippen LogP contribution is -2.43. The highest BCUT2D eigenvalue weighted by Crippen LogP contribution is 2.38. The number of rotatable bonds is 4. The molecule has 4 rings (SSSR count). The molecule has 11 heteroatoms. The molecule has 1 unspecified atom stereocenters. The highest BCUT2D eigenvalue weighted by Gasteiger charge is 2.44. The predicted octanol–water partition coefficient (Wildman–Crippen LogP) is -0.595. The van der Waals surface area contributed by atoms with Crippen LogP contribution in [0.15, 0.2) is 0 Å². The number of anilines is 2. The number of hydrogen-bond donors (Lipinski definition) is 2. The fraction of sp³-hybridized carbons (Fsp3) is 0.500. The third-order valence-corrected chi connectivity index (χ3v) is 4.40. The Bertz CT molecular complexity index is 749. The SMILES string of the molecule is NC1CC(C2CN(c3nc4c(nc3OC=O)OCC(=O)N4)C(=O)O2)C1. The minimum absolute atomic E-state index is 0.00859. The summed E-state index contributed by atoms with van der Waals surface area (Å²) in [5.41, 5.74) is 5.78. The number of nitrogens with one attached hydrogen (secondary N) is 1. The second-order valence-electron chi connectivity index (χ2n) is 6.08. The van der Waals surface area contributed by atoms with Gasteiger partial charge in [0, 0.05) is 12.0 Å². The second kappa shape index (κ2) is 5.84. The van der Waals surface area contributed by atoms with Crippen LogP contribution < -0.4 is 25.4 Å². The highest BCUT2D eigenvalue weighted by atomic mass is 16.6. The van der Waals surface area contributed by atoms with Crippen LogP contribution in [0, 0.1) is 5.92 Å². The molecule has 3 N–H and O–H groups in total. The summed E-state index contributed by atoms with van der Waals surface area (Å²) >= 11 is 0. The molecule has 1 aromatic heterocycles. The number of ether oxygens (including phenoxy) is 3. The van der Waals surface area contributed by atoms with Gasteiger partial charge in [-0.25, -0.2) is 9.78 Å². The van der Waals surface area contributed by atoms with Crippen molar-refractivity contribution in [2.45, 2.75) is 25.0 Å². The molecular formula is C14H15N5O6. The van der Waals surface area contributed by atoms with E-state index >= 15 is 0 Å². The number of nitrogens with two attached hydrogens (primary N) is 1. The van der Waals surface area contributed by atoms with Crippen molar-refractivity contribution >= 4 is 30.1 Å². The average Bonchev–Trinajstić information content (AvgIpc) is 2.93. The first-order valence-corrected chi connectivity index (χ1v) is 7.74. The molecule has 1 aliphatic carbocycles. The summed E-state index contributed by atoms with van der Waals surface area (Å²) in [5, 5.41) is 2.49. The number of fused-ring (bicyclic) bond motifs is 1. The third kappa shape index (κ3) is 2.71. The first kappa shape index (κ1) is 15.6. The molecule has 2 amide bonds. The third-order valence-electron chi connectivity index (χ3n) is 4.40. The Morgan fingerprint density at radius 2 is 2.12 bits per heavy atom. The summed E-state index contributed by atoms with van der Waals surface area (Å²) in [7, 11) is 0. The molecule has 2 fully saturated rings. The Labute approximate surface area is 141 Å². The highest BCUT2D eigenvalue weighted by molar-refractivity contribution is 5.95. The van der Waals surface area contributed by atoms with Crippen LogP contribution in [0.5, 0.6) is 11.8 Å². The number of aromatic nitrogens is 2. The molecule has 3 aliphatic rings. The van der Waals surface area contributed by atoms with E-state index in [1.807, 2.05) is 0 Å². The van der Waals surface area contributed by atoms with Crippen LogP contribution in [0.3, 0.4) is 0 Å². The lowest BCUT2D eigenvalue weighted by atomic mass is 9.77. The van der Waals surface area contributed by atoms with Gasteiger partial charge in [-0.3, -0.25) is 14.5 Å². The molecule has 1 atom stereocenters. The van der Waals surface area contributed by atoms with Gasteiger partial charge in [-0.05, 0) is 12.8 Å². The van der Waals surface area contributed by atoms with E-state index in [-0.39, 0.29) is 61.1 Å². The Morgan fingerprint density at radius 1 is 1.32 bits per heavy atom. The van der Waals surface area contributed by atoms with Crippen LogP contribution in [0.2, 0.25) is 0 Å². The Kier molecular flexibility index (Phi) is 3.64. The first-order chi connectivity index (χ1) is 12.0. The van der Waals surface area contributed by atoms with Crippen molar-refractivity contribution < 1.29 is 28.6 Å². The first-order valence-electron chi connectivity index (χ1n) is 7.74. The molecule has 0 spiro atoms. The fourth-order valence-electron chi connectivity index (χ4n) is 3.10. The summed E-state index contributed by atoms with van der Waals surface area (Å²) in [6.45, 7) is 0.177. The zero-order valence-corrected chi connectivity index (χ0v) is 13.0. The van der Waals surface area contributed by atoms with Crippen molar-refractivity contribution in [1.82, 2.24) is 9.97 Å². The summed E-state index contributed by atoms with van der Waals surface area (Å²) < 4.78 is 15.3. The summed E-state index contributed by atoms with van der Waals surface area (Å²) in [6.07, 6.45) is 0.616. The van der Waals surface area contributed by atoms with Gasteiger partial charge in [0.25, 0.3) is 24.1 Å². The minimum Gasteiger partial charge on any atom is -0.465 e. The summed E-state index contributed by atoms with van der Waals surface area (Å²) in [6, 6.07) is 0.127. The number of hydrogen-bond acceptors (Lipinski definition) is 9. The molecule has 132 valence electrons. The van der Waals surface area contributed by atoms with Gasteiger partial charge in [-0.2, -0.15) is 4.98 Å². The molecular weight excluding hydrogens is 334 g/mol. The topological polar surface area (TPSA) is 146 Å². The van der Waals surface area contributed by atoms with Crippen LogP contribution in [0.25, 0.3) is 0 Å². The molecule has 1 saturated heterocycles. The Morgan fingerprint density at radius 3 is 2.84 bits per heavy atom. The lowest BCUT2D eigenvalue weighted by Gasteiger charge is -2.35. The molecule has 1 aromatic rings. The smallest absolute Gasteiger partial charge is 0.416 e. The summed E-state index contributed by atoms with van der Waals surface area (Å²) in [5.74, 6) is -0.378. The zero-order chi connectivity index (χ0) is 17.6. The molecule has 1 saturated carbocycles. The average molecular weight is 349 g/mol. The van der Waals surface area contributed by atoms with E-state index in [4.69, 9.17) is 19.9 Å². The van der Waals surface area contributed by atoms with E-state index in [2.05, 4.69) is 15.3 Å². The minimum atomic E-state index is -0.626. The second-order valence-corrected chi connectivity index (χ2v) is 6.08. The van der Waals surface area contributed by atoms with Crippen molar-refractivity contribution in [3.8, 4) is 11.8 Å².